The third kappa shape index (κ3) is 5.94. The molecule has 27 heavy (non-hydrogen) atoms. The number of halogens is 2. The van der Waals surface area contributed by atoms with Crippen LogP contribution in [0.2, 0.25) is 0 Å². The Hall–Kier alpha value is -1.60. The fourth-order valence-electron chi connectivity index (χ4n) is 3.24. The van der Waals surface area contributed by atoms with Crippen molar-refractivity contribution in [3.63, 3.8) is 0 Å². The minimum absolute atomic E-state index is 0. The normalized spacial score (nSPS) is 15.3. The standard InChI is InChI=1S/C19H26N4O2.2ClH/c20-15-19(7-12-25-13-8-19)18(24)22-14-17-21-9-11-23(17)10-6-16-4-2-1-3-5-16;;/h1-5,9,11H,6-8,10,12-15,20H2,(H,22,24);2*1H. The van der Waals surface area contributed by atoms with Gasteiger partial charge in [0, 0.05) is 38.7 Å². The molecule has 0 atom stereocenters. The first-order valence-electron chi connectivity index (χ1n) is 8.83. The van der Waals surface area contributed by atoms with Gasteiger partial charge >= 0.3 is 0 Å². The Bertz CT molecular complexity index is 688. The van der Waals surface area contributed by atoms with E-state index in [1.807, 2.05) is 24.4 Å². The summed E-state index contributed by atoms with van der Waals surface area (Å²) in [6.45, 7) is 2.80. The van der Waals surface area contributed by atoms with E-state index in [0.717, 1.165) is 18.8 Å². The number of rotatable bonds is 7. The third-order valence-electron chi connectivity index (χ3n) is 5.02. The molecule has 6 nitrogen and oxygen atoms in total. The van der Waals surface area contributed by atoms with Crippen molar-refractivity contribution in [1.29, 1.82) is 0 Å². The number of ether oxygens (including phenoxy) is 1. The fourth-order valence-corrected chi connectivity index (χ4v) is 3.24. The molecule has 0 radical (unpaired) electrons. The minimum Gasteiger partial charge on any atom is -0.381 e. The van der Waals surface area contributed by atoms with Gasteiger partial charge in [0.25, 0.3) is 0 Å². The van der Waals surface area contributed by atoms with E-state index in [2.05, 4.69) is 27.0 Å². The second kappa shape index (κ2) is 11.3. The fraction of sp³-hybridized carbons (Fsp3) is 0.474. The molecular formula is C19H28Cl2N4O2. The van der Waals surface area contributed by atoms with E-state index in [1.54, 1.807) is 6.20 Å². The monoisotopic (exact) mass is 414 g/mol. The molecule has 1 fully saturated rings. The second-order valence-electron chi connectivity index (χ2n) is 6.55. The van der Waals surface area contributed by atoms with Crippen LogP contribution in [-0.4, -0.2) is 35.2 Å². The first-order chi connectivity index (χ1) is 12.2. The average molecular weight is 415 g/mol. The van der Waals surface area contributed by atoms with Crippen LogP contribution in [0.3, 0.4) is 0 Å². The zero-order valence-electron chi connectivity index (χ0n) is 15.3. The van der Waals surface area contributed by atoms with Crippen molar-refractivity contribution in [1.82, 2.24) is 14.9 Å². The summed E-state index contributed by atoms with van der Waals surface area (Å²) in [5, 5.41) is 3.03. The van der Waals surface area contributed by atoms with Gasteiger partial charge in [0.05, 0.1) is 12.0 Å². The number of aryl methyl sites for hydroxylation is 2. The number of hydrogen-bond donors (Lipinski definition) is 2. The summed E-state index contributed by atoms with van der Waals surface area (Å²) < 4.78 is 7.46. The summed E-state index contributed by atoms with van der Waals surface area (Å²) in [6, 6.07) is 10.4. The predicted molar refractivity (Wildman–Crippen MR) is 110 cm³/mol. The number of nitrogens with zero attached hydrogens (tertiary/aromatic N) is 2. The first kappa shape index (κ1) is 23.4. The molecule has 1 aliphatic rings. The van der Waals surface area contributed by atoms with Crippen molar-refractivity contribution in [3.05, 3.63) is 54.1 Å². The van der Waals surface area contributed by atoms with E-state index in [1.165, 1.54) is 5.56 Å². The van der Waals surface area contributed by atoms with E-state index in [0.29, 0.717) is 39.1 Å². The number of carbonyl (C=O) groups excluding carboxylic acids is 1. The summed E-state index contributed by atoms with van der Waals surface area (Å²) in [6.07, 6.45) is 6.02. The van der Waals surface area contributed by atoms with Gasteiger partial charge in [-0.2, -0.15) is 0 Å². The Morgan fingerprint density at radius 3 is 2.59 bits per heavy atom. The van der Waals surface area contributed by atoms with E-state index in [4.69, 9.17) is 10.5 Å². The van der Waals surface area contributed by atoms with Gasteiger partial charge in [0.15, 0.2) is 0 Å². The summed E-state index contributed by atoms with van der Waals surface area (Å²) in [5.41, 5.74) is 6.68. The summed E-state index contributed by atoms with van der Waals surface area (Å²) in [5.74, 6) is 0.874. The van der Waals surface area contributed by atoms with Gasteiger partial charge < -0.3 is 20.4 Å². The number of nitrogens with one attached hydrogen (secondary N) is 1. The molecule has 2 aromatic rings. The van der Waals surface area contributed by atoms with E-state index in [9.17, 15) is 4.79 Å². The zero-order chi connectivity index (χ0) is 17.5. The van der Waals surface area contributed by atoms with Gasteiger partial charge in [0.2, 0.25) is 5.91 Å². The van der Waals surface area contributed by atoms with Crippen LogP contribution in [0.15, 0.2) is 42.7 Å². The van der Waals surface area contributed by atoms with Gasteiger partial charge in [-0.05, 0) is 24.8 Å². The summed E-state index contributed by atoms with van der Waals surface area (Å²) in [7, 11) is 0. The smallest absolute Gasteiger partial charge is 0.228 e. The maximum absolute atomic E-state index is 12.7. The maximum Gasteiger partial charge on any atom is 0.228 e. The molecule has 3 N–H and O–H groups in total. The molecule has 2 heterocycles. The van der Waals surface area contributed by atoms with Crippen LogP contribution < -0.4 is 11.1 Å². The van der Waals surface area contributed by atoms with Crippen LogP contribution in [-0.2, 0) is 29.0 Å². The molecule has 0 bridgehead atoms. The average Bonchev–Trinajstić information content (AvgIpc) is 3.13. The van der Waals surface area contributed by atoms with Gasteiger partial charge in [-0.1, -0.05) is 30.3 Å². The molecule has 8 heteroatoms. The molecule has 0 saturated carbocycles. The molecule has 1 amide bonds. The number of aromatic nitrogens is 2. The lowest BCUT2D eigenvalue weighted by Gasteiger charge is -2.34. The largest absolute Gasteiger partial charge is 0.381 e. The quantitative estimate of drug-likeness (QED) is 0.728. The van der Waals surface area contributed by atoms with Crippen molar-refractivity contribution in [2.45, 2.75) is 32.4 Å². The van der Waals surface area contributed by atoms with E-state index in [-0.39, 0.29) is 30.7 Å². The molecule has 0 aliphatic carbocycles. The van der Waals surface area contributed by atoms with Crippen LogP contribution in [0.5, 0.6) is 0 Å². The number of hydrogen-bond acceptors (Lipinski definition) is 4. The van der Waals surface area contributed by atoms with Gasteiger partial charge in [-0.3, -0.25) is 4.79 Å². The van der Waals surface area contributed by atoms with Crippen LogP contribution >= 0.6 is 24.8 Å². The topological polar surface area (TPSA) is 82.2 Å². The second-order valence-corrected chi connectivity index (χ2v) is 6.55. The van der Waals surface area contributed by atoms with E-state index < -0.39 is 5.41 Å². The highest BCUT2D eigenvalue weighted by molar-refractivity contribution is 5.85. The molecule has 0 unspecified atom stereocenters. The number of nitrogens with two attached hydrogens (primary N) is 1. The number of benzene rings is 1. The molecule has 1 aromatic heterocycles. The first-order valence-corrected chi connectivity index (χ1v) is 8.83. The lowest BCUT2D eigenvalue weighted by molar-refractivity contribution is -0.136. The highest BCUT2D eigenvalue weighted by Gasteiger charge is 2.38. The summed E-state index contributed by atoms with van der Waals surface area (Å²) >= 11 is 0. The van der Waals surface area contributed by atoms with Crippen molar-refractivity contribution >= 4 is 30.7 Å². The third-order valence-corrected chi connectivity index (χ3v) is 5.02. The van der Waals surface area contributed by atoms with Gasteiger partial charge in [-0.15, -0.1) is 24.8 Å². The minimum atomic E-state index is -0.500. The Morgan fingerprint density at radius 2 is 1.93 bits per heavy atom. The molecule has 3 rings (SSSR count). The van der Waals surface area contributed by atoms with Crippen LogP contribution in [0.4, 0.5) is 0 Å². The van der Waals surface area contributed by atoms with Crippen molar-refractivity contribution in [2.75, 3.05) is 19.8 Å². The van der Waals surface area contributed by atoms with E-state index >= 15 is 0 Å². The Morgan fingerprint density at radius 1 is 1.22 bits per heavy atom. The van der Waals surface area contributed by atoms with Crippen LogP contribution in [0.1, 0.15) is 24.2 Å². The molecule has 1 aliphatic heterocycles. The molecule has 0 spiro atoms. The van der Waals surface area contributed by atoms with Crippen LogP contribution in [0.25, 0.3) is 0 Å². The Kier molecular flexibility index (Phi) is 9.80. The van der Waals surface area contributed by atoms with Crippen molar-refractivity contribution < 1.29 is 9.53 Å². The predicted octanol–water partition coefficient (Wildman–Crippen LogP) is 2.34. The number of imidazole rings is 1. The maximum atomic E-state index is 12.7. The van der Waals surface area contributed by atoms with Gasteiger partial charge in [-0.25, -0.2) is 4.98 Å². The highest BCUT2D eigenvalue weighted by Crippen LogP contribution is 2.29. The zero-order valence-corrected chi connectivity index (χ0v) is 16.9. The summed E-state index contributed by atoms with van der Waals surface area (Å²) in [4.78, 5) is 17.0. The number of amides is 1. The molecular weight excluding hydrogens is 387 g/mol. The Labute approximate surface area is 172 Å². The lowest BCUT2D eigenvalue weighted by atomic mass is 9.79. The SMILES string of the molecule is Cl.Cl.NCC1(C(=O)NCc2nccn2CCc2ccccc2)CCOCC1. The molecule has 1 saturated heterocycles. The van der Waals surface area contributed by atoms with Crippen LogP contribution in [0, 0.1) is 5.41 Å². The van der Waals surface area contributed by atoms with Gasteiger partial charge in [0.1, 0.15) is 5.82 Å². The highest BCUT2D eigenvalue weighted by atomic mass is 35.5. The molecule has 150 valence electrons. The molecule has 1 aromatic carbocycles. The number of carbonyl (C=O) groups is 1. The van der Waals surface area contributed by atoms with Crippen molar-refractivity contribution in [3.8, 4) is 0 Å². The lowest BCUT2D eigenvalue weighted by Crippen LogP contribution is -2.49. The van der Waals surface area contributed by atoms with Crippen molar-refractivity contribution in [2.24, 2.45) is 11.1 Å². The Balaban J connectivity index is 0.00000182.